The summed E-state index contributed by atoms with van der Waals surface area (Å²) in [5.41, 5.74) is 7.16. The lowest BCUT2D eigenvalue weighted by molar-refractivity contribution is -0.135. The lowest BCUT2D eigenvalue weighted by Gasteiger charge is -2.28. The number of hydrogen-bond acceptors (Lipinski definition) is 3. The van der Waals surface area contributed by atoms with Gasteiger partial charge in [0.2, 0.25) is 5.91 Å². The van der Waals surface area contributed by atoms with Gasteiger partial charge in [-0.2, -0.15) is 0 Å². The number of benzene rings is 1. The van der Waals surface area contributed by atoms with E-state index < -0.39 is 6.04 Å². The van der Waals surface area contributed by atoms with Crippen LogP contribution in [0, 0.1) is 0 Å². The summed E-state index contributed by atoms with van der Waals surface area (Å²) in [7, 11) is 0. The molecule has 1 aliphatic rings. The van der Waals surface area contributed by atoms with Crippen LogP contribution < -0.4 is 5.73 Å². The second kappa shape index (κ2) is 9.82. The van der Waals surface area contributed by atoms with Gasteiger partial charge in [-0.05, 0) is 24.8 Å². The van der Waals surface area contributed by atoms with Crippen molar-refractivity contribution in [3.63, 3.8) is 0 Å². The van der Waals surface area contributed by atoms with Gasteiger partial charge in [-0.1, -0.05) is 43.7 Å². The number of rotatable bonds is 7. The van der Waals surface area contributed by atoms with Crippen LogP contribution in [0.25, 0.3) is 0 Å². The Bertz CT molecular complexity index is 436. The Morgan fingerprint density at radius 2 is 2.14 bits per heavy atom. The van der Waals surface area contributed by atoms with Crippen LogP contribution in [-0.2, 0) is 16.1 Å². The standard InChI is InChI=1S/C17H26N2O2.ClH/c1-2-7-16(18)17(20)19(13-15-10-6-11-21-15)12-14-8-4-3-5-9-14;/h3-5,8-9,15-16H,2,6-7,10-13,18H2,1H3;1H. The van der Waals surface area contributed by atoms with E-state index in [1.165, 1.54) is 0 Å². The molecule has 0 spiro atoms. The maximum absolute atomic E-state index is 12.6. The van der Waals surface area contributed by atoms with Gasteiger partial charge in [0.15, 0.2) is 0 Å². The Kier molecular flexibility index (Phi) is 8.46. The molecule has 1 saturated heterocycles. The van der Waals surface area contributed by atoms with Crippen LogP contribution in [0.15, 0.2) is 30.3 Å². The van der Waals surface area contributed by atoms with Gasteiger partial charge in [-0.3, -0.25) is 4.79 Å². The second-order valence-corrected chi connectivity index (χ2v) is 5.73. The SMILES string of the molecule is CCCC(N)C(=O)N(Cc1ccccc1)CC1CCCO1.Cl. The molecule has 2 unspecified atom stereocenters. The maximum Gasteiger partial charge on any atom is 0.239 e. The van der Waals surface area contributed by atoms with Crippen LogP contribution in [0.3, 0.4) is 0 Å². The third kappa shape index (κ3) is 5.59. The Hall–Kier alpha value is -1.10. The van der Waals surface area contributed by atoms with Crippen molar-refractivity contribution >= 4 is 18.3 Å². The summed E-state index contributed by atoms with van der Waals surface area (Å²) in [6.07, 6.45) is 3.92. The van der Waals surface area contributed by atoms with Gasteiger partial charge >= 0.3 is 0 Å². The van der Waals surface area contributed by atoms with Crippen molar-refractivity contribution in [3.05, 3.63) is 35.9 Å². The highest BCUT2D eigenvalue weighted by molar-refractivity contribution is 5.85. The van der Waals surface area contributed by atoms with Gasteiger partial charge in [0.25, 0.3) is 0 Å². The highest BCUT2D eigenvalue weighted by atomic mass is 35.5. The quantitative estimate of drug-likeness (QED) is 0.838. The van der Waals surface area contributed by atoms with E-state index in [9.17, 15) is 4.79 Å². The first-order valence-electron chi connectivity index (χ1n) is 7.90. The smallest absolute Gasteiger partial charge is 0.239 e. The zero-order chi connectivity index (χ0) is 15.1. The molecule has 1 aromatic rings. The Balaban J connectivity index is 0.00000242. The first-order chi connectivity index (χ1) is 10.2. The number of halogens is 1. The fourth-order valence-corrected chi connectivity index (χ4v) is 2.74. The van der Waals surface area contributed by atoms with Crippen LogP contribution in [0.4, 0.5) is 0 Å². The Morgan fingerprint density at radius 3 is 2.73 bits per heavy atom. The number of carbonyl (C=O) groups excluding carboxylic acids is 1. The average molecular weight is 327 g/mol. The molecule has 1 amide bonds. The van der Waals surface area contributed by atoms with Crippen LogP contribution in [0.5, 0.6) is 0 Å². The molecular formula is C17H27ClN2O2. The van der Waals surface area contributed by atoms with E-state index in [1.54, 1.807) is 0 Å². The lowest BCUT2D eigenvalue weighted by Crippen LogP contribution is -2.46. The fraction of sp³-hybridized carbons (Fsp3) is 0.588. The molecule has 2 N–H and O–H groups in total. The van der Waals surface area contributed by atoms with Crippen molar-refractivity contribution in [2.45, 2.75) is 51.3 Å². The summed E-state index contributed by atoms with van der Waals surface area (Å²) >= 11 is 0. The van der Waals surface area contributed by atoms with Crippen molar-refractivity contribution in [2.75, 3.05) is 13.2 Å². The van der Waals surface area contributed by atoms with Crippen LogP contribution in [0.1, 0.15) is 38.2 Å². The van der Waals surface area contributed by atoms with Gasteiger partial charge in [0, 0.05) is 19.7 Å². The normalized spacial score (nSPS) is 18.5. The Morgan fingerprint density at radius 1 is 1.41 bits per heavy atom. The van der Waals surface area contributed by atoms with E-state index in [0.717, 1.165) is 37.9 Å². The molecule has 2 atom stereocenters. The number of nitrogens with zero attached hydrogens (tertiary/aromatic N) is 1. The van der Waals surface area contributed by atoms with E-state index in [4.69, 9.17) is 10.5 Å². The molecule has 1 aliphatic heterocycles. The first-order valence-corrected chi connectivity index (χ1v) is 7.90. The largest absolute Gasteiger partial charge is 0.376 e. The monoisotopic (exact) mass is 326 g/mol. The summed E-state index contributed by atoms with van der Waals surface area (Å²) in [6.45, 7) is 4.11. The molecule has 2 rings (SSSR count). The highest BCUT2D eigenvalue weighted by Gasteiger charge is 2.25. The number of hydrogen-bond donors (Lipinski definition) is 1. The number of amides is 1. The van der Waals surface area contributed by atoms with E-state index in [2.05, 4.69) is 6.92 Å². The predicted molar refractivity (Wildman–Crippen MR) is 91.0 cm³/mol. The van der Waals surface area contributed by atoms with Crippen molar-refractivity contribution in [2.24, 2.45) is 5.73 Å². The summed E-state index contributed by atoms with van der Waals surface area (Å²) in [4.78, 5) is 14.4. The Labute approximate surface area is 139 Å². The molecule has 0 aromatic heterocycles. The van der Waals surface area contributed by atoms with E-state index in [0.29, 0.717) is 13.1 Å². The van der Waals surface area contributed by atoms with Gasteiger partial charge in [-0.15, -0.1) is 12.4 Å². The van der Waals surface area contributed by atoms with E-state index >= 15 is 0 Å². The van der Waals surface area contributed by atoms with Gasteiger partial charge in [0.05, 0.1) is 12.1 Å². The molecule has 4 nitrogen and oxygen atoms in total. The van der Waals surface area contributed by atoms with Crippen LogP contribution in [0.2, 0.25) is 0 Å². The summed E-state index contributed by atoms with van der Waals surface area (Å²) in [5.74, 6) is 0.0382. The molecule has 22 heavy (non-hydrogen) atoms. The molecule has 0 bridgehead atoms. The molecule has 0 radical (unpaired) electrons. The topological polar surface area (TPSA) is 55.6 Å². The summed E-state index contributed by atoms with van der Waals surface area (Å²) in [5, 5.41) is 0. The molecule has 1 aromatic carbocycles. The van der Waals surface area contributed by atoms with Crippen molar-refractivity contribution in [3.8, 4) is 0 Å². The minimum atomic E-state index is -0.403. The van der Waals surface area contributed by atoms with Crippen molar-refractivity contribution in [1.29, 1.82) is 0 Å². The van der Waals surface area contributed by atoms with Crippen molar-refractivity contribution < 1.29 is 9.53 Å². The van der Waals surface area contributed by atoms with Crippen LogP contribution in [-0.4, -0.2) is 36.1 Å². The predicted octanol–water partition coefficient (Wildman–Crippen LogP) is 2.74. The minimum absolute atomic E-state index is 0. The lowest BCUT2D eigenvalue weighted by atomic mass is 10.1. The fourth-order valence-electron chi connectivity index (χ4n) is 2.74. The molecule has 1 heterocycles. The second-order valence-electron chi connectivity index (χ2n) is 5.73. The minimum Gasteiger partial charge on any atom is -0.376 e. The van der Waals surface area contributed by atoms with E-state index in [1.807, 2.05) is 35.2 Å². The zero-order valence-electron chi connectivity index (χ0n) is 13.2. The van der Waals surface area contributed by atoms with E-state index in [-0.39, 0.29) is 24.4 Å². The maximum atomic E-state index is 12.6. The van der Waals surface area contributed by atoms with Crippen molar-refractivity contribution in [1.82, 2.24) is 4.90 Å². The van der Waals surface area contributed by atoms with Gasteiger partial charge in [0.1, 0.15) is 0 Å². The first kappa shape index (κ1) is 18.9. The molecule has 124 valence electrons. The highest BCUT2D eigenvalue weighted by Crippen LogP contribution is 2.16. The number of carbonyl (C=O) groups is 1. The molecule has 5 heteroatoms. The van der Waals surface area contributed by atoms with Crippen LogP contribution >= 0.6 is 12.4 Å². The van der Waals surface area contributed by atoms with Gasteiger partial charge in [-0.25, -0.2) is 0 Å². The van der Waals surface area contributed by atoms with Gasteiger partial charge < -0.3 is 15.4 Å². The molecule has 0 saturated carbocycles. The summed E-state index contributed by atoms with van der Waals surface area (Å²) in [6, 6.07) is 9.66. The molecule has 1 fully saturated rings. The average Bonchev–Trinajstić information content (AvgIpc) is 3.00. The number of ether oxygens (including phenoxy) is 1. The third-order valence-corrected chi connectivity index (χ3v) is 3.89. The third-order valence-electron chi connectivity index (χ3n) is 3.89. The summed E-state index contributed by atoms with van der Waals surface area (Å²) < 4.78 is 5.68. The number of nitrogens with two attached hydrogens (primary N) is 1. The molecule has 0 aliphatic carbocycles. The zero-order valence-corrected chi connectivity index (χ0v) is 14.1. The molecular weight excluding hydrogens is 300 g/mol.